The van der Waals surface area contributed by atoms with E-state index in [1.807, 2.05) is 37.3 Å². The maximum atomic E-state index is 13.7. The first-order valence-electron chi connectivity index (χ1n) is 13.9. The van der Waals surface area contributed by atoms with Gasteiger partial charge in [-0.2, -0.15) is 0 Å². The molecule has 1 aliphatic heterocycles. The van der Waals surface area contributed by atoms with Crippen LogP contribution in [0.2, 0.25) is 0 Å². The highest BCUT2D eigenvalue weighted by molar-refractivity contribution is 6.04. The summed E-state index contributed by atoms with van der Waals surface area (Å²) in [5, 5.41) is 15.6. The molecule has 3 N–H and O–H groups in total. The number of para-hydroxylation sites is 2. The van der Waals surface area contributed by atoms with Crippen LogP contribution in [-0.4, -0.2) is 72.3 Å². The van der Waals surface area contributed by atoms with E-state index in [1.54, 1.807) is 23.1 Å². The molecule has 1 aliphatic carbocycles. The molecule has 8 heteroatoms. The monoisotopic (exact) mass is 522 g/mol. The quantitative estimate of drug-likeness (QED) is 0.450. The molecule has 3 amide bonds. The van der Waals surface area contributed by atoms with Crippen LogP contribution in [0.4, 0.5) is 16.2 Å². The Bertz CT molecular complexity index is 1070. The van der Waals surface area contributed by atoms with Crippen molar-refractivity contribution in [3.05, 3.63) is 54.1 Å². The van der Waals surface area contributed by atoms with Crippen molar-refractivity contribution in [2.75, 3.05) is 43.9 Å². The van der Waals surface area contributed by atoms with E-state index < -0.39 is 6.03 Å². The van der Waals surface area contributed by atoms with Crippen LogP contribution >= 0.6 is 0 Å². The number of aliphatic hydroxyl groups is 1. The predicted molar refractivity (Wildman–Crippen MR) is 151 cm³/mol. The number of fused-ring (bicyclic) bond motifs is 1. The smallest absolute Gasteiger partial charge is 0.323 e. The number of ether oxygens (including phenoxy) is 1. The fourth-order valence-electron chi connectivity index (χ4n) is 5.56. The lowest BCUT2D eigenvalue weighted by molar-refractivity contribution is 0.0333. The van der Waals surface area contributed by atoms with E-state index in [4.69, 9.17) is 4.74 Å². The van der Waals surface area contributed by atoms with Crippen molar-refractivity contribution in [3.8, 4) is 5.75 Å². The maximum Gasteiger partial charge on any atom is 0.323 e. The number of anilines is 2. The molecule has 2 aliphatic rings. The summed E-state index contributed by atoms with van der Waals surface area (Å²) in [6.45, 7) is 6.02. The third kappa shape index (κ3) is 7.05. The number of nitrogens with zero attached hydrogens (tertiary/aromatic N) is 2. The minimum Gasteiger partial charge on any atom is -0.486 e. The predicted octanol–water partition coefficient (Wildman–Crippen LogP) is 5.06. The number of benzene rings is 2. The lowest BCUT2D eigenvalue weighted by atomic mass is 9.89. The van der Waals surface area contributed by atoms with Gasteiger partial charge in [-0.25, -0.2) is 4.79 Å². The first-order valence-corrected chi connectivity index (χ1v) is 13.9. The maximum absolute atomic E-state index is 13.7. The van der Waals surface area contributed by atoms with Gasteiger partial charge in [-0.3, -0.25) is 4.79 Å². The number of urea groups is 1. The van der Waals surface area contributed by atoms with Gasteiger partial charge in [0.25, 0.3) is 5.91 Å². The molecule has 0 radical (unpaired) electrons. The van der Waals surface area contributed by atoms with E-state index in [0.717, 1.165) is 6.54 Å². The molecule has 1 fully saturated rings. The molecule has 1 saturated carbocycles. The summed E-state index contributed by atoms with van der Waals surface area (Å²) in [5.74, 6) is 0.880. The molecule has 38 heavy (non-hydrogen) atoms. The Labute approximate surface area is 226 Å². The molecule has 206 valence electrons. The van der Waals surface area contributed by atoms with Gasteiger partial charge in [0.1, 0.15) is 6.10 Å². The lowest BCUT2D eigenvalue weighted by Gasteiger charge is -2.39. The normalized spacial score (nSPS) is 21.2. The Kier molecular flexibility index (Phi) is 9.63. The molecule has 0 saturated heterocycles. The second-order valence-corrected chi connectivity index (χ2v) is 11.0. The topological polar surface area (TPSA) is 94.1 Å². The lowest BCUT2D eigenvalue weighted by Crippen LogP contribution is -2.50. The van der Waals surface area contributed by atoms with Gasteiger partial charge in [-0.05, 0) is 57.0 Å². The number of amides is 3. The van der Waals surface area contributed by atoms with Crippen LogP contribution in [0.25, 0.3) is 0 Å². The van der Waals surface area contributed by atoms with Crippen LogP contribution in [0.5, 0.6) is 5.75 Å². The Hall–Kier alpha value is -3.10. The van der Waals surface area contributed by atoms with Crippen LogP contribution in [0, 0.1) is 11.8 Å². The SMILES string of the molecule is C[C@H](CO)N1C[C@H](C)[C@@H](CN(C)CC2CCCCC2)Oc2c(NC(=O)Nc3ccccc3)cccc2C1=O. The average Bonchev–Trinajstić information content (AvgIpc) is 2.91. The number of carbonyl (C=O) groups is 2. The molecule has 2 aromatic rings. The fourth-order valence-corrected chi connectivity index (χ4v) is 5.56. The number of nitrogens with one attached hydrogen (secondary N) is 2. The van der Waals surface area contributed by atoms with Gasteiger partial charge in [0.15, 0.2) is 5.75 Å². The highest BCUT2D eigenvalue weighted by Crippen LogP contribution is 2.35. The van der Waals surface area contributed by atoms with Gasteiger partial charge < -0.3 is 30.3 Å². The molecule has 2 aromatic carbocycles. The Morgan fingerprint density at radius 1 is 1.08 bits per heavy atom. The number of hydrogen-bond donors (Lipinski definition) is 3. The summed E-state index contributed by atoms with van der Waals surface area (Å²) in [5.41, 5.74) is 1.49. The molecule has 0 unspecified atom stereocenters. The number of likely N-dealkylation sites (N-methyl/N-ethyl adjacent to an activating group) is 1. The van der Waals surface area contributed by atoms with Gasteiger partial charge >= 0.3 is 6.03 Å². The molecule has 1 heterocycles. The second kappa shape index (κ2) is 13.1. The van der Waals surface area contributed by atoms with Crippen molar-refractivity contribution < 1.29 is 19.4 Å². The Morgan fingerprint density at radius 3 is 2.53 bits per heavy atom. The van der Waals surface area contributed by atoms with Crippen molar-refractivity contribution in [2.45, 2.75) is 58.1 Å². The average molecular weight is 523 g/mol. The zero-order chi connectivity index (χ0) is 27.1. The van der Waals surface area contributed by atoms with Crippen LogP contribution < -0.4 is 15.4 Å². The zero-order valence-electron chi connectivity index (χ0n) is 22.9. The number of aliphatic hydroxyl groups excluding tert-OH is 1. The standard InChI is InChI=1S/C30H42N4O4/c1-21-17-34(22(2)20-35)29(36)25-15-10-16-26(32-30(37)31-24-13-8-5-9-14-24)28(25)38-27(21)19-33(3)18-23-11-6-4-7-12-23/h5,8-10,13-16,21-23,27,35H,4,6-7,11-12,17-20H2,1-3H3,(H2,31,32,37)/t21-,22+,27+/m0/s1. The van der Waals surface area contributed by atoms with Crippen LogP contribution in [-0.2, 0) is 0 Å². The van der Waals surface area contributed by atoms with Crippen LogP contribution in [0.3, 0.4) is 0 Å². The van der Waals surface area contributed by atoms with Crippen molar-refractivity contribution in [1.82, 2.24) is 9.80 Å². The molecule has 0 bridgehead atoms. The minimum absolute atomic E-state index is 0.0149. The third-order valence-corrected chi connectivity index (χ3v) is 7.76. The third-order valence-electron chi connectivity index (χ3n) is 7.76. The van der Waals surface area contributed by atoms with Crippen LogP contribution in [0.15, 0.2) is 48.5 Å². The molecular weight excluding hydrogens is 480 g/mol. The first-order chi connectivity index (χ1) is 18.4. The van der Waals surface area contributed by atoms with Gasteiger partial charge in [0, 0.05) is 31.2 Å². The molecule has 4 rings (SSSR count). The van der Waals surface area contributed by atoms with E-state index in [-0.39, 0.29) is 30.6 Å². The second-order valence-electron chi connectivity index (χ2n) is 11.0. The zero-order valence-corrected chi connectivity index (χ0v) is 22.9. The Balaban J connectivity index is 1.60. The molecule has 8 nitrogen and oxygen atoms in total. The highest BCUT2D eigenvalue weighted by Gasteiger charge is 2.35. The van der Waals surface area contributed by atoms with Crippen LogP contribution in [0.1, 0.15) is 56.3 Å². The van der Waals surface area contributed by atoms with E-state index in [1.165, 1.54) is 32.1 Å². The highest BCUT2D eigenvalue weighted by atomic mass is 16.5. The van der Waals surface area contributed by atoms with E-state index >= 15 is 0 Å². The molecular formula is C30H42N4O4. The number of carbonyl (C=O) groups excluding carboxylic acids is 2. The van der Waals surface area contributed by atoms with Gasteiger partial charge in [0.2, 0.25) is 0 Å². The van der Waals surface area contributed by atoms with E-state index in [0.29, 0.717) is 41.7 Å². The van der Waals surface area contributed by atoms with Crippen molar-refractivity contribution in [1.29, 1.82) is 0 Å². The summed E-state index contributed by atoms with van der Waals surface area (Å²) >= 11 is 0. The van der Waals surface area contributed by atoms with Gasteiger partial charge in [-0.1, -0.05) is 50.5 Å². The summed E-state index contributed by atoms with van der Waals surface area (Å²) in [4.78, 5) is 30.6. The van der Waals surface area contributed by atoms with E-state index in [2.05, 4.69) is 29.5 Å². The number of hydrogen-bond acceptors (Lipinski definition) is 5. The molecule has 0 spiro atoms. The summed E-state index contributed by atoms with van der Waals surface area (Å²) in [7, 11) is 2.14. The summed E-state index contributed by atoms with van der Waals surface area (Å²) < 4.78 is 6.63. The summed E-state index contributed by atoms with van der Waals surface area (Å²) in [6, 6.07) is 13.7. The van der Waals surface area contributed by atoms with Crippen molar-refractivity contribution >= 4 is 23.3 Å². The number of rotatable bonds is 8. The minimum atomic E-state index is -0.415. The fraction of sp³-hybridized carbons (Fsp3) is 0.533. The van der Waals surface area contributed by atoms with Gasteiger partial charge in [-0.15, -0.1) is 0 Å². The van der Waals surface area contributed by atoms with Crippen molar-refractivity contribution in [3.63, 3.8) is 0 Å². The van der Waals surface area contributed by atoms with Crippen molar-refractivity contribution in [2.24, 2.45) is 11.8 Å². The molecule has 3 atom stereocenters. The largest absolute Gasteiger partial charge is 0.486 e. The first kappa shape index (κ1) is 27.9. The molecule has 0 aromatic heterocycles. The van der Waals surface area contributed by atoms with Gasteiger partial charge in [0.05, 0.1) is 23.9 Å². The Morgan fingerprint density at radius 2 is 1.82 bits per heavy atom. The summed E-state index contributed by atoms with van der Waals surface area (Å²) in [6.07, 6.45) is 6.28. The van der Waals surface area contributed by atoms with E-state index in [9.17, 15) is 14.7 Å².